The zero-order valence-corrected chi connectivity index (χ0v) is 18.6. The second kappa shape index (κ2) is 10.3. The topological polar surface area (TPSA) is 102 Å². The Labute approximate surface area is 196 Å². The van der Waals surface area contributed by atoms with Crippen LogP contribution in [0.2, 0.25) is 0 Å². The van der Waals surface area contributed by atoms with E-state index in [1.165, 1.54) is 13.2 Å². The summed E-state index contributed by atoms with van der Waals surface area (Å²) in [6.07, 6.45) is 3.51. The van der Waals surface area contributed by atoms with Crippen LogP contribution >= 0.6 is 0 Å². The first-order valence-corrected chi connectivity index (χ1v) is 10.4. The van der Waals surface area contributed by atoms with Crippen molar-refractivity contribution in [1.82, 2.24) is 9.97 Å². The van der Waals surface area contributed by atoms with Crippen LogP contribution in [0.5, 0.6) is 5.75 Å². The average molecular weight is 454 g/mol. The number of hydrogen-bond donors (Lipinski definition) is 2. The molecule has 0 radical (unpaired) electrons. The summed E-state index contributed by atoms with van der Waals surface area (Å²) in [7, 11) is 2.85. The van der Waals surface area contributed by atoms with Crippen LogP contribution < -0.4 is 15.4 Å². The average Bonchev–Trinajstić information content (AvgIpc) is 2.88. The molecule has 2 amide bonds. The van der Waals surface area contributed by atoms with Gasteiger partial charge in [0.1, 0.15) is 11.6 Å². The number of ether oxygens (including phenoxy) is 2. The lowest BCUT2D eigenvalue weighted by Gasteiger charge is -2.11. The van der Waals surface area contributed by atoms with Crippen molar-refractivity contribution in [3.63, 3.8) is 0 Å². The monoisotopic (exact) mass is 454 g/mol. The Kier molecular flexibility index (Phi) is 6.78. The zero-order valence-electron chi connectivity index (χ0n) is 18.6. The number of benzene rings is 2. The highest BCUT2D eigenvalue weighted by atomic mass is 16.5. The lowest BCUT2D eigenvalue weighted by atomic mass is 10.0. The van der Waals surface area contributed by atoms with E-state index in [0.29, 0.717) is 17.1 Å². The number of nitrogens with zero attached hydrogens (tertiary/aromatic N) is 2. The molecule has 2 aromatic carbocycles. The van der Waals surface area contributed by atoms with Crippen molar-refractivity contribution in [2.24, 2.45) is 0 Å². The van der Waals surface area contributed by atoms with Crippen LogP contribution in [-0.2, 0) is 4.74 Å². The maximum absolute atomic E-state index is 12.6. The highest BCUT2D eigenvalue weighted by Crippen LogP contribution is 2.26. The van der Waals surface area contributed by atoms with Gasteiger partial charge >= 0.3 is 12.0 Å². The first-order chi connectivity index (χ1) is 16.6. The Morgan fingerprint density at radius 3 is 2.32 bits per heavy atom. The summed E-state index contributed by atoms with van der Waals surface area (Å²) >= 11 is 0. The largest absolute Gasteiger partial charge is 0.497 e. The van der Waals surface area contributed by atoms with Crippen molar-refractivity contribution in [3.8, 4) is 28.1 Å². The first kappa shape index (κ1) is 22.5. The molecule has 0 aliphatic heterocycles. The van der Waals surface area contributed by atoms with Crippen LogP contribution in [0.25, 0.3) is 22.4 Å². The minimum Gasteiger partial charge on any atom is -0.497 e. The van der Waals surface area contributed by atoms with Crippen LogP contribution in [0, 0.1) is 0 Å². The van der Waals surface area contributed by atoms with Gasteiger partial charge in [0, 0.05) is 29.7 Å². The van der Waals surface area contributed by atoms with E-state index in [9.17, 15) is 9.59 Å². The molecule has 0 spiro atoms. The molecule has 2 aromatic heterocycles. The number of esters is 1. The van der Waals surface area contributed by atoms with Gasteiger partial charge in [-0.2, -0.15) is 0 Å². The van der Waals surface area contributed by atoms with Crippen molar-refractivity contribution in [1.29, 1.82) is 0 Å². The Morgan fingerprint density at radius 1 is 0.824 bits per heavy atom. The number of hydrogen-bond acceptors (Lipinski definition) is 6. The maximum atomic E-state index is 12.6. The highest BCUT2D eigenvalue weighted by molar-refractivity contribution is 6.00. The predicted molar refractivity (Wildman–Crippen MR) is 130 cm³/mol. The fourth-order valence-electron chi connectivity index (χ4n) is 3.32. The van der Waals surface area contributed by atoms with Gasteiger partial charge in [0.05, 0.1) is 25.5 Å². The number of pyridine rings is 2. The molecule has 0 aliphatic rings. The van der Waals surface area contributed by atoms with Crippen molar-refractivity contribution >= 4 is 23.5 Å². The van der Waals surface area contributed by atoms with Gasteiger partial charge in [-0.15, -0.1) is 0 Å². The molecular formula is C26H22N4O4. The third-order valence-electron chi connectivity index (χ3n) is 4.99. The molecule has 34 heavy (non-hydrogen) atoms. The molecule has 170 valence electrons. The smallest absolute Gasteiger partial charge is 0.338 e. The molecule has 8 heteroatoms. The summed E-state index contributed by atoms with van der Waals surface area (Å²) < 4.78 is 10.0. The number of carbonyl (C=O) groups is 2. The minimum absolute atomic E-state index is 0.203. The first-order valence-electron chi connectivity index (χ1n) is 10.4. The number of carbonyl (C=O) groups excluding carboxylic acids is 2. The van der Waals surface area contributed by atoms with E-state index in [0.717, 1.165) is 16.7 Å². The molecule has 8 nitrogen and oxygen atoms in total. The molecule has 0 fully saturated rings. The number of anilines is 2. The second-order valence-corrected chi connectivity index (χ2v) is 7.25. The number of methoxy groups -OCH3 is 2. The lowest BCUT2D eigenvalue weighted by Crippen LogP contribution is -2.20. The Hall–Kier alpha value is -4.72. The molecule has 2 heterocycles. The van der Waals surface area contributed by atoms with Gasteiger partial charge in [0.25, 0.3) is 0 Å². The van der Waals surface area contributed by atoms with Gasteiger partial charge in [0.2, 0.25) is 0 Å². The predicted octanol–water partition coefficient (Wildman–Crippen LogP) is 5.25. The third kappa shape index (κ3) is 5.36. The maximum Gasteiger partial charge on any atom is 0.338 e. The molecule has 0 saturated carbocycles. The standard InChI is InChI=1S/C26H22N4O4/c1-33-22-7-3-6-21(15-22)28-26(32)30-24-14-20(25(31)34-2)13-23(29-24)18-10-8-17(9-11-18)19-5-4-12-27-16-19/h3-16H,1-2H3,(H2,28,29,30,32). The number of amides is 2. The number of urea groups is 1. The minimum atomic E-state index is -0.535. The van der Waals surface area contributed by atoms with Crippen LogP contribution in [0.3, 0.4) is 0 Å². The summed E-state index contributed by atoms with van der Waals surface area (Å²) in [6, 6.07) is 21.1. The molecular weight excluding hydrogens is 432 g/mol. The van der Waals surface area contributed by atoms with Crippen molar-refractivity contribution in [2.75, 3.05) is 24.9 Å². The third-order valence-corrected chi connectivity index (χ3v) is 4.99. The summed E-state index contributed by atoms with van der Waals surface area (Å²) in [4.78, 5) is 33.5. The summed E-state index contributed by atoms with van der Waals surface area (Å²) in [6.45, 7) is 0. The van der Waals surface area contributed by atoms with Crippen LogP contribution in [0.1, 0.15) is 10.4 Å². The van der Waals surface area contributed by atoms with E-state index in [4.69, 9.17) is 9.47 Å². The second-order valence-electron chi connectivity index (χ2n) is 7.25. The highest BCUT2D eigenvalue weighted by Gasteiger charge is 2.14. The molecule has 0 atom stereocenters. The van der Waals surface area contributed by atoms with E-state index >= 15 is 0 Å². The van der Waals surface area contributed by atoms with Crippen molar-refractivity contribution < 1.29 is 19.1 Å². The fourth-order valence-corrected chi connectivity index (χ4v) is 3.32. The summed E-state index contributed by atoms with van der Waals surface area (Å²) in [5.74, 6) is 0.280. The van der Waals surface area contributed by atoms with Gasteiger partial charge in [-0.25, -0.2) is 14.6 Å². The number of rotatable bonds is 6. The van der Waals surface area contributed by atoms with Crippen molar-refractivity contribution in [2.45, 2.75) is 0 Å². The van der Waals surface area contributed by atoms with Crippen LogP contribution in [0.4, 0.5) is 16.3 Å². The van der Waals surface area contributed by atoms with Crippen molar-refractivity contribution in [3.05, 3.63) is 90.8 Å². The number of nitrogens with one attached hydrogen (secondary N) is 2. The quantitative estimate of drug-likeness (QED) is 0.386. The molecule has 0 saturated heterocycles. The molecule has 0 bridgehead atoms. The van der Waals surface area contributed by atoms with E-state index in [1.54, 1.807) is 49.8 Å². The number of aromatic nitrogens is 2. The van der Waals surface area contributed by atoms with E-state index in [-0.39, 0.29) is 11.4 Å². The van der Waals surface area contributed by atoms with Gasteiger partial charge in [-0.3, -0.25) is 10.3 Å². The Bertz CT molecular complexity index is 1310. The van der Waals surface area contributed by atoms with E-state index in [1.807, 2.05) is 36.4 Å². The Balaban J connectivity index is 1.59. The van der Waals surface area contributed by atoms with Crippen LogP contribution in [-0.4, -0.2) is 36.2 Å². The van der Waals surface area contributed by atoms with E-state index in [2.05, 4.69) is 20.6 Å². The van der Waals surface area contributed by atoms with E-state index < -0.39 is 12.0 Å². The fraction of sp³-hybridized carbons (Fsp3) is 0.0769. The van der Waals surface area contributed by atoms with Crippen LogP contribution in [0.15, 0.2) is 85.2 Å². The van der Waals surface area contributed by atoms with Gasteiger partial charge in [-0.1, -0.05) is 36.4 Å². The molecule has 2 N–H and O–H groups in total. The molecule has 4 rings (SSSR count). The zero-order chi connectivity index (χ0) is 23.9. The molecule has 4 aromatic rings. The molecule has 0 unspecified atom stereocenters. The van der Waals surface area contributed by atoms with Gasteiger partial charge < -0.3 is 14.8 Å². The lowest BCUT2D eigenvalue weighted by molar-refractivity contribution is 0.0600. The van der Waals surface area contributed by atoms with Gasteiger partial charge in [-0.05, 0) is 41.5 Å². The normalized spacial score (nSPS) is 10.3. The Morgan fingerprint density at radius 2 is 1.62 bits per heavy atom. The molecule has 0 aliphatic carbocycles. The van der Waals surface area contributed by atoms with Gasteiger partial charge in [0.15, 0.2) is 0 Å². The summed E-state index contributed by atoms with van der Waals surface area (Å²) in [5.41, 5.74) is 4.08. The summed E-state index contributed by atoms with van der Waals surface area (Å²) in [5, 5.41) is 5.40. The SMILES string of the molecule is COC(=O)c1cc(NC(=O)Nc2cccc(OC)c2)nc(-c2ccc(-c3cccnc3)cc2)c1.